The first-order valence-electron chi connectivity index (χ1n) is 4.81. The van der Waals surface area contributed by atoms with Gasteiger partial charge in [-0.3, -0.25) is 9.69 Å². The lowest BCUT2D eigenvalue weighted by Gasteiger charge is -2.31. The van der Waals surface area contributed by atoms with Gasteiger partial charge < -0.3 is 10.5 Å². The number of nitrogens with two attached hydrogens (primary N) is 1. The van der Waals surface area contributed by atoms with Gasteiger partial charge in [-0.25, -0.2) is 0 Å². The van der Waals surface area contributed by atoms with Crippen LogP contribution in [0.25, 0.3) is 0 Å². The van der Waals surface area contributed by atoms with E-state index in [0.29, 0.717) is 6.54 Å². The van der Waals surface area contributed by atoms with Crippen LogP contribution in [0.2, 0.25) is 0 Å². The van der Waals surface area contributed by atoms with Crippen LogP contribution in [0.1, 0.15) is 19.3 Å². The van der Waals surface area contributed by atoms with Gasteiger partial charge in [0, 0.05) is 6.54 Å². The summed E-state index contributed by atoms with van der Waals surface area (Å²) >= 11 is 0. The summed E-state index contributed by atoms with van der Waals surface area (Å²) in [7, 11) is 1.41. The molecule has 0 aromatic rings. The van der Waals surface area contributed by atoms with Gasteiger partial charge in [-0.05, 0) is 25.9 Å². The Morgan fingerprint density at radius 1 is 1.33 bits per heavy atom. The van der Waals surface area contributed by atoms with E-state index in [1.54, 1.807) is 0 Å². The fourth-order valence-electron chi connectivity index (χ4n) is 1.76. The van der Waals surface area contributed by atoms with E-state index >= 15 is 0 Å². The molecule has 4 nitrogen and oxygen atoms in total. The third kappa shape index (κ3) is 5.02. The molecule has 0 spiro atoms. The number of piperidine rings is 1. The minimum atomic E-state index is -0.231. The van der Waals surface area contributed by atoms with Crippen molar-refractivity contribution in [1.29, 1.82) is 0 Å². The lowest BCUT2D eigenvalue weighted by atomic mass is 10.1. The maximum absolute atomic E-state index is 11.3. The summed E-state index contributed by atoms with van der Waals surface area (Å²) < 4.78 is 4.70. The third-order valence-corrected chi connectivity index (χ3v) is 2.53. The maximum Gasteiger partial charge on any atom is 0.324 e. The first-order chi connectivity index (χ1) is 6.29. The van der Waals surface area contributed by atoms with Crippen LogP contribution in [0.4, 0.5) is 0 Å². The monoisotopic (exact) mass is 258 g/mol. The Hall–Kier alpha value is -0.0300. The number of rotatable bonds is 3. The molecule has 0 amide bonds. The van der Waals surface area contributed by atoms with Gasteiger partial charge in [0.25, 0.3) is 0 Å². The highest BCUT2D eigenvalue weighted by molar-refractivity contribution is 5.85. The Morgan fingerprint density at radius 3 is 2.27 bits per heavy atom. The average Bonchev–Trinajstić information content (AvgIpc) is 2.20. The lowest BCUT2D eigenvalue weighted by molar-refractivity contribution is -0.147. The molecule has 0 unspecified atom stereocenters. The Labute approximate surface area is 103 Å². The molecule has 0 bridgehead atoms. The Bertz CT molecular complexity index is 175. The molecule has 0 radical (unpaired) electrons. The van der Waals surface area contributed by atoms with Crippen molar-refractivity contribution in [2.24, 2.45) is 5.73 Å². The van der Waals surface area contributed by atoms with Crippen molar-refractivity contribution in [2.45, 2.75) is 25.3 Å². The minimum Gasteiger partial charge on any atom is -0.468 e. The number of methoxy groups -OCH3 is 1. The number of carbonyl (C=O) groups excluding carboxylic acids is 1. The van der Waals surface area contributed by atoms with E-state index in [2.05, 4.69) is 4.90 Å². The number of likely N-dealkylation sites (tertiary alicyclic amines) is 1. The standard InChI is InChI=1S/C9H18N2O2.2ClH/c1-13-9(12)8(7-10)11-5-3-2-4-6-11;;/h8H,2-7,10H2,1H3;2*1H/t8-;;/m0../s1. The van der Waals surface area contributed by atoms with Crippen LogP contribution in [0.15, 0.2) is 0 Å². The molecule has 92 valence electrons. The maximum atomic E-state index is 11.3. The molecule has 1 heterocycles. The van der Waals surface area contributed by atoms with Gasteiger partial charge in [-0.1, -0.05) is 6.42 Å². The molecular weight excluding hydrogens is 239 g/mol. The summed E-state index contributed by atoms with van der Waals surface area (Å²) in [6.07, 6.45) is 3.58. The largest absolute Gasteiger partial charge is 0.468 e. The number of carbonyl (C=O) groups is 1. The second-order valence-electron chi connectivity index (χ2n) is 3.37. The van der Waals surface area contributed by atoms with Crippen molar-refractivity contribution in [3.8, 4) is 0 Å². The van der Waals surface area contributed by atoms with Gasteiger partial charge in [-0.2, -0.15) is 0 Å². The van der Waals surface area contributed by atoms with Crippen LogP contribution in [-0.2, 0) is 9.53 Å². The van der Waals surface area contributed by atoms with Crippen molar-refractivity contribution in [3.05, 3.63) is 0 Å². The van der Waals surface area contributed by atoms with E-state index in [-0.39, 0.29) is 36.8 Å². The van der Waals surface area contributed by atoms with E-state index < -0.39 is 0 Å². The van der Waals surface area contributed by atoms with Crippen LogP contribution in [-0.4, -0.2) is 43.7 Å². The predicted molar refractivity (Wildman–Crippen MR) is 64.8 cm³/mol. The summed E-state index contributed by atoms with van der Waals surface area (Å²) in [6.45, 7) is 2.29. The second-order valence-corrected chi connectivity index (χ2v) is 3.37. The zero-order valence-corrected chi connectivity index (χ0v) is 10.6. The van der Waals surface area contributed by atoms with E-state index in [1.165, 1.54) is 13.5 Å². The third-order valence-electron chi connectivity index (χ3n) is 2.53. The molecule has 15 heavy (non-hydrogen) atoms. The SMILES string of the molecule is COC(=O)[C@H](CN)N1CCCCC1.Cl.Cl. The summed E-state index contributed by atoms with van der Waals surface area (Å²) in [6, 6.07) is -0.231. The Balaban J connectivity index is 0. The molecule has 0 aromatic heterocycles. The number of hydrogen-bond acceptors (Lipinski definition) is 4. The Kier molecular flexibility index (Phi) is 10.7. The summed E-state index contributed by atoms with van der Waals surface area (Å²) in [5, 5.41) is 0. The zero-order chi connectivity index (χ0) is 9.68. The van der Waals surface area contributed by atoms with Crippen LogP contribution < -0.4 is 5.73 Å². The highest BCUT2D eigenvalue weighted by Crippen LogP contribution is 2.12. The van der Waals surface area contributed by atoms with Gasteiger partial charge >= 0.3 is 5.97 Å². The number of hydrogen-bond donors (Lipinski definition) is 1. The number of ether oxygens (including phenoxy) is 1. The smallest absolute Gasteiger partial charge is 0.324 e. The normalized spacial score (nSPS) is 18.3. The molecule has 1 aliphatic heterocycles. The summed E-state index contributed by atoms with van der Waals surface area (Å²) in [5.74, 6) is -0.204. The van der Waals surface area contributed by atoms with Gasteiger partial charge in [0.15, 0.2) is 0 Å². The first kappa shape index (κ1) is 17.4. The molecule has 1 aliphatic rings. The second kappa shape index (κ2) is 9.21. The molecule has 1 atom stereocenters. The van der Waals surface area contributed by atoms with Crippen molar-refractivity contribution in [1.82, 2.24) is 4.90 Å². The van der Waals surface area contributed by atoms with Crippen LogP contribution in [0.5, 0.6) is 0 Å². The van der Waals surface area contributed by atoms with Crippen LogP contribution in [0.3, 0.4) is 0 Å². The molecule has 0 saturated carbocycles. The van der Waals surface area contributed by atoms with Gasteiger partial charge in [0.1, 0.15) is 6.04 Å². The molecular formula is C9H20Cl2N2O2. The fraction of sp³-hybridized carbons (Fsp3) is 0.889. The first-order valence-corrected chi connectivity index (χ1v) is 4.81. The van der Waals surface area contributed by atoms with Gasteiger partial charge in [0.2, 0.25) is 0 Å². The zero-order valence-electron chi connectivity index (χ0n) is 8.98. The Morgan fingerprint density at radius 2 is 1.87 bits per heavy atom. The number of nitrogens with zero attached hydrogens (tertiary/aromatic N) is 1. The quantitative estimate of drug-likeness (QED) is 0.762. The van der Waals surface area contributed by atoms with Crippen molar-refractivity contribution in [3.63, 3.8) is 0 Å². The van der Waals surface area contributed by atoms with Crippen LogP contribution in [0, 0.1) is 0 Å². The molecule has 1 rings (SSSR count). The lowest BCUT2D eigenvalue weighted by Crippen LogP contribution is -2.48. The molecule has 2 N–H and O–H groups in total. The summed E-state index contributed by atoms with van der Waals surface area (Å²) in [4.78, 5) is 13.4. The van der Waals surface area contributed by atoms with E-state index in [4.69, 9.17) is 10.5 Å². The minimum absolute atomic E-state index is 0. The predicted octanol–water partition coefficient (Wildman–Crippen LogP) is 0.816. The van der Waals surface area contributed by atoms with E-state index in [9.17, 15) is 4.79 Å². The van der Waals surface area contributed by atoms with Crippen molar-refractivity contribution >= 4 is 30.8 Å². The highest BCUT2D eigenvalue weighted by Gasteiger charge is 2.26. The molecule has 6 heteroatoms. The fourth-order valence-corrected chi connectivity index (χ4v) is 1.76. The van der Waals surface area contributed by atoms with Gasteiger partial charge in [0.05, 0.1) is 7.11 Å². The molecule has 1 fully saturated rings. The van der Waals surface area contributed by atoms with Crippen molar-refractivity contribution in [2.75, 3.05) is 26.7 Å². The van der Waals surface area contributed by atoms with Crippen LogP contribution >= 0.6 is 24.8 Å². The topological polar surface area (TPSA) is 55.6 Å². The molecule has 1 saturated heterocycles. The summed E-state index contributed by atoms with van der Waals surface area (Å²) in [5.41, 5.74) is 5.54. The highest BCUT2D eigenvalue weighted by atomic mass is 35.5. The van der Waals surface area contributed by atoms with E-state index in [1.807, 2.05) is 0 Å². The van der Waals surface area contributed by atoms with Gasteiger partial charge in [-0.15, -0.1) is 24.8 Å². The number of esters is 1. The van der Waals surface area contributed by atoms with E-state index in [0.717, 1.165) is 25.9 Å². The van der Waals surface area contributed by atoms with Crippen molar-refractivity contribution < 1.29 is 9.53 Å². The number of halogens is 2. The molecule has 0 aliphatic carbocycles. The molecule has 0 aromatic carbocycles. The average molecular weight is 259 g/mol.